The number of hydrogen-bond acceptors (Lipinski definition) is 4. The highest BCUT2D eigenvalue weighted by atomic mass is 16.6. The Morgan fingerprint density at radius 2 is 2.33 bits per heavy atom. The van der Waals surface area contributed by atoms with Gasteiger partial charge in [0.1, 0.15) is 0 Å². The number of nitro groups is 1. The van der Waals surface area contributed by atoms with Gasteiger partial charge >= 0.3 is 5.69 Å². The summed E-state index contributed by atoms with van der Waals surface area (Å²) in [4.78, 5) is 10.1. The highest BCUT2D eigenvalue weighted by Gasteiger charge is 2.20. The number of phenols is 1. The Bertz CT molecular complexity index is 386. The van der Waals surface area contributed by atoms with Gasteiger partial charge in [-0.2, -0.15) is 0 Å². The van der Waals surface area contributed by atoms with Gasteiger partial charge in [-0.3, -0.25) is 10.1 Å². The molecule has 0 aliphatic carbocycles. The third kappa shape index (κ3) is 1.92. The number of nitrogens with one attached hydrogen (secondary N) is 1. The summed E-state index contributed by atoms with van der Waals surface area (Å²) in [5, 5.41) is 23.2. The number of rotatable bonds is 2. The maximum absolute atomic E-state index is 10.6. The van der Waals surface area contributed by atoms with Crippen LogP contribution in [0, 0.1) is 10.1 Å². The number of phenolic OH excluding ortho intramolecular Hbond substituents is 1. The summed E-state index contributed by atoms with van der Waals surface area (Å²) in [6.07, 6.45) is 2.07. The molecule has 80 valence electrons. The second-order valence-electron chi connectivity index (χ2n) is 3.65. The number of nitrogens with zero attached hydrogens (tertiary/aromatic N) is 1. The minimum absolute atomic E-state index is 0.185. The standard InChI is InChI=1S/C10H12N2O3/c13-10-4-3-7(6-9(10)12(14)15)8-2-1-5-11-8/h3-4,6,8,11,13H,1-2,5H2/t8-/m0/s1. The lowest BCUT2D eigenvalue weighted by molar-refractivity contribution is -0.385. The molecule has 1 aliphatic heterocycles. The molecule has 2 rings (SSSR count). The van der Waals surface area contributed by atoms with Crippen molar-refractivity contribution in [2.75, 3.05) is 6.54 Å². The molecule has 1 heterocycles. The van der Waals surface area contributed by atoms with Crippen molar-refractivity contribution in [3.05, 3.63) is 33.9 Å². The predicted octanol–water partition coefficient (Wildman–Crippen LogP) is 1.72. The summed E-state index contributed by atoms with van der Waals surface area (Å²) in [7, 11) is 0. The van der Waals surface area contributed by atoms with Crippen LogP contribution in [0.15, 0.2) is 18.2 Å². The number of nitro benzene ring substituents is 1. The van der Waals surface area contributed by atoms with Gasteiger partial charge in [-0.15, -0.1) is 0 Å². The predicted molar refractivity (Wildman–Crippen MR) is 54.7 cm³/mol. The van der Waals surface area contributed by atoms with Crippen molar-refractivity contribution in [1.29, 1.82) is 0 Å². The molecule has 0 amide bonds. The fraction of sp³-hybridized carbons (Fsp3) is 0.400. The fourth-order valence-corrected chi connectivity index (χ4v) is 1.87. The number of benzene rings is 1. The summed E-state index contributed by atoms with van der Waals surface area (Å²) in [6, 6.07) is 4.74. The summed E-state index contributed by atoms with van der Waals surface area (Å²) < 4.78 is 0. The third-order valence-corrected chi connectivity index (χ3v) is 2.66. The first-order valence-electron chi connectivity index (χ1n) is 4.89. The molecule has 0 radical (unpaired) electrons. The van der Waals surface area contributed by atoms with Crippen LogP contribution in [0.1, 0.15) is 24.4 Å². The van der Waals surface area contributed by atoms with Crippen molar-refractivity contribution >= 4 is 5.69 Å². The van der Waals surface area contributed by atoms with E-state index in [9.17, 15) is 15.2 Å². The van der Waals surface area contributed by atoms with Gasteiger partial charge < -0.3 is 10.4 Å². The van der Waals surface area contributed by atoms with Crippen molar-refractivity contribution in [3.63, 3.8) is 0 Å². The molecule has 5 heteroatoms. The monoisotopic (exact) mass is 208 g/mol. The average molecular weight is 208 g/mol. The van der Waals surface area contributed by atoms with Crippen LogP contribution in [0.25, 0.3) is 0 Å². The Kier molecular flexibility index (Phi) is 2.55. The van der Waals surface area contributed by atoms with Crippen LogP contribution < -0.4 is 5.32 Å². The van der Waals surface area contributed by atoms with Crippen LogP contribution in [0.2, 0.25) is 0 Å². The van der Waals surface area contributed by atoms with Crippen LogP contribution in [0.3, 0.4) is 0 Å². The third-order valence-electron chi connectivity index (χ3n) is 2.66. The summed E-state index contributed by atoms with van der Waals surface area (Å²) >= 11 is 0. The Morgan fingerprint density at radius 3 is 2.93 bits per heavy atom. The minimum atomic E-state index is -0.562. The van der Waals surface area contributed by atoms with Crippen LogP contribution >= 0.6 is 0 Å². The summed E-state index contributed by atoms with van der Waals surface area (Å²) in [5.41, 5.74) is 0.651. The van der Waals surface area contributed by atoms with E-state index in [1.165, 1.54) is 12.1 Å². The van der Waals surface area contributed by atoms with Gasteiger partial charge in [0.05, 0.1) is 4.92 Å². The first kappa shape index (κ1) is 9.92. The molecule has 1 fully saturated rings. The summed E-state index contributed by atoms with van der Waals surface area (Å²) in [5.74, 6) is -0.276. The molecular weight excluding hydrogens is 196 g/mol. The van der Waals surface area contributed by atoms with E-state index in [2.05, 4.69) is 5.32 Å². The molecule has 0 saturated carbocycles. The van der Waals surface area contributed by atoms with E-state index < -0.39 is 4.92 Å². The molecule has 1 aromatic rings. The molecule has 0 aromatic heterocycles. The first-order valence-corrected chi connectivity index (χ1v) is 4.89. The normalized spacial score (nSPS) is 20.4. The zero-order valence-electron chi connectivity index (χ0n) is 8.14. The topological polar surface area (TPSA) is 75.4 Å². The van der Waals surface area contributed by atoms with Crippen molar-refractivity contribution in [2.24, 2.45) is 0 Å². The molecule has 5 nitrogen and oxygen atoms in total. The van der Waals surface area contributed by atoms with Crippen LogP contribution in [-0.4, -0.2) is 16.6 Å². The van der Waals surface area contributed by atoms with Crippen molar-refractivity contribution < 1.29 is 10.0 Å². The largest absolute Gasteiger partial charge is 0.502 e. The number of hydrogen-bond donors (Lipinski definition) is 2. The van der Waals surface area contributed by atoms with Gasteiger partial charge in [0.2, 0.25) is 0 Å². The van der Waals surface area contributed by atoms with E-state index >= 15 is 0 Å². The lowest BCUT2D eigenvalue weighted by Gasteiger charge is -2.10. The molecule has 0 spiro atoms. The first-order chi connectivity index (χ1) is 7.18. The molecule has 15 heavy (non-hydrogen) atoms. The SMILES string of the molecule is O=[N+]([O-])c1cc([C@@H]2CCCN2)ccc1O. The minimum Gasteiger partial charge on any atom is -0.502 e. The van der Waals surface area contributed by atoms with Gasteiger partial charge in [0, 0.05) is 12.1 Å². The lowest BCUT2D eigenvalue weighted by atomic mass is 10.0. The molecule has 2 N–H and O–H groups in total. The highest BCUT2D eigenvalue weighted by Crippen LogP contribution is 2.31. The Hall–Kier alpha value is -1.62. The van der Waals surface area contributed by atoms with Gasteiger partial charge in [0.25, 0.3) is 0 Å². The van der Waals surface area contributed by atoms with Crippen LogP contribution in [-0.2, 0) is 0 Å². The van der Waals surface area contributed by atoms with Gasteiger partial charge in [-0.1, -0.05) is 6.07 Å². The van der Waals surface area contributed by atoms with E-state index in [-0.39, 0.29) is 17.5 Å². The van der Waals surface area contributed by atoms with E-state index in [1.54, 1.807) is 6.07 Å². The van der Waals surface area contributed by atoms with E-state index in [4.69, 9.17) is 0 Å². The summed E-state index contributed by atoms with van der Waals surface area (Å²) in [6.45, 7) is 0.944. The van der Waals surface area contributed by atoms with Crippen LogP contribution in [0.4, 0.5) is 5.69 Å². The van der Waals surface area contributed by atoms with Crippen molar-refractivity contribution in [3.8, 4) is 5.75 Å². The molecule has 1 atom stereocenters. The zero-order valence-corrected chi connectivity index (χ0v) is 8.14. The quantitative estimate of drug-likeness (QED) is 0.573. The highest BCUT2D eigenvalue weighted by molar-refractivity contribution is 5.48. The van der Waals surface area contributed by atoms with E-state index in [0.717, 1.165) is 24.9 Å². The van der Waals surface area contributed by atoms with E-state index in [1.807, 2.05) is 0 Å². The molecule has 1 aromatic carbocycles. The van der Waals surface area contributed by atoms with Crippen molar-refractivity contribution in [2.45, 2.75) is 18.9 Å². The van der Waals surface area contributed by atoms with E-state index in [0.29, 0.717) is 0 Å². The fourth-order valence-electron chi connectivity index (χ4n) is 1.87. The molecule has 1 saturated heterocycles. The maximum atomic E-state index is 10.6. The maximum Gasteiger partial charge on any atom is 0.311 e. The molecule has 0 unspecified atom stereocenters. The average Bonchev–Trinajstić information content (AvgIpc) is 2.71. The van der Waals surface area contributed by atoms with Gasteiger partial charge in [-0.25, -0.2) is 0 Å². The molecule has 1 aliphatic rings. The molecule has 0 bridgehead atoms. The smallest absolute Gasteiger partial charge is 0.311 e. The number of aromatic hydroxyl groups is 1. The second kappa shape index (κ2) is 3.86. The van der Waals surface area contributed by atoms with Gasteiger partial charge in [-0.05, 0) is 31.0 Å². The second-order valence-corrected chi connectivity index (χ2v) is 3.65. The van der Waals surface area contributed by atoms with Crippen molar-refractivity contribution in [1.82, 2.24) is 5.32 Å². The Labute approximate surface area is 86.9 Å². The molecular formula is C10H12N2O3. The van der Waals surface area contributed by atoms with Gasteiger partial charge in [0.15, 0.2) is 5.75 Å². The Balaban J connectivity index is 2.33. The van der Waals surface area contributed by atoms with Crippen LogP contribution in [0.5, 0.6) is 5.75 Å². The lowest BCUT2D eigenvalue weighted by Crippen LogP contribution is -2.12. The Morgan fingerprint density at radius 1 is 1.53 bits per heavy atom. The zero-order chi connectivity index (χ0) is 10.8.